The summed E-state index contributed by atoms with van der Waals surface area (Å²) < 4.78 is 38.8. The molecule has 22 nitrogen and oxygen atoms in total. The number of carbonyl (C=O) groups is 6. The average molecular weight is 1010 g/mol. The van der Waals surface area contributed by atoms with Gasteiger partial charge in [0.15, 0.2) is 0 Å². The highest BCUT2D eigenvalue weighted by Crippen LogP contribution is 2.20. The van der Waals surface area contributed by atoms with Crippen LogP contribution >= 0.6 is 0 Å². The van der Waals surface area contributed by atoms with Crippen molar-refractivity contribution >= 4 is 54.3 Å². The van der Waals surface area contributed by atoms with Gasteiger partial charge in [-0.15, -0.1) is 9.98 Å². The van der Waals surface area contributed by atoms with Crippen LogP contribution in [0.5, 0.6) is 5.88 Å². The van der Waals surface area contributed by atoms with Crippen LogP contribution in [0.1, 0.15) is 175 Å². The number of carbonyl (C=O) groups excluding carboxylic acids is 6. The molecule has 0 saturated heterocycles. The standard InChI is InChI=1S/C49H83N9O13/c1-44(2,3)66-38(59)53-35(50)33-26-27-34(52-32-33)65-31-25-30-58(43(64)71-49(16,17)18)37(56-41(62)69-47(10,11)12)57(42(63)70-48(13,14)15)29-24-22-20-19-21-23-28-51-36(54-39(60)67-45(4,5)6)55-40(61)68-46(7,8)9/h26-27,32H,19-25,28-31H2,1-18H3,(H2,50,53,59)(H2,51,54,55,60,61)/b56-37-. The first-order chi connectivity index (χ1) is 32.3. The number of hydrogen-bond donors (Lipinski definition) is 4. The molecule has 0 bridgehead atoms. The van der Waals surface area contributed by atoms with Crippen molar-refractivity contribution in [1.82, 2.24) is 30.7 Å². The fourth-order valence-corrected chi connectivity index (χ4v) is 5.50. The lowest BCUT2D eigenvalue weighted by molar-refractivity contribution is 0.0267. The van der Waals surface area contributed by atoms with Crippen LogP contribution in [0.2, 0.25) is 0 Å². The molecule has 0 unspecified atom stereocenters. The molecule has 1 heterocycles. The van der Waals surface area contributed by atoms with E-state index in [4.69, 9.17) is 38.6 Å². The second kappa shape index (κ2) is 27.4. The summed E-state index contributed by atoms with van der Waals surface area (Å²) in [4.78, 5) is 93.2. The molecule has 71 heavy (non-hydrogen) atoms. The van der Waals surface area contributed by atoms with Crippen molar-refractivity contribution in [2.75, 3.05) is 26.2 Å². The molecule has 0 atom stereocenters. The van der Waals surface area contributed by atoms with E-state index in [-0.39, 0.29) is 49.8 Å². The van der Waals surface area contributed by atoms with Crippen molar-refractivity contribution in [2.24, 2.45) is 9.98 Å². The Kier molecular flexibility index (Phi) is 24.2. The molecule has 22 heteroatoms. The summed E-state index contributed by atoms with van der Waals surface area (Å²) in [5.41, 5.74) is -4.97. The van der Waals surface area contributed by atoms with E-state index in [1.165, 1.54) is 18.3 Å². The summed E-state index contributed by atoms with van der Waals surface area (Å²) in [6.07, 6.45) is 0.146. The highest BCUT2D eigenvalue weighted by Gasteiger charge is 2.35. The minimum atomic E-state index is -1.06. The Bertz CT molecular complexity index is 2000. The average Bonchev–Trinajstić information content (AvgIpc) is 3.13. The molecule has 6 amide bonds. The number of ether oxygens (including phenoxy) is 7. The molecular weight excluding hydrogens is 923 g/mol. The zero-order valence-electron chi connectivity index (χ0n) is 45.6. The SMILES string of the molecule is CC(C)(C)OC(=O)/N=C(/N(CCCCCCCCN/C(=N\C(=O)OC(C)(C)C)NC(=O)OC(C)(C)C)C(=O)OC(C)(C)C)N(CCCOc1ccc(C(=N)NC(=O)OC(C)(C)C)cn1)C(=O)OC(C)(C)C. The number of amides is 6. The number of unbranched alkanes of at least 4 members (excludes halogenated alkanes) is 5. The van der Waals surface area contributed by atoms with Crippen LogP contribution in [0.15, 0.2) is 28.3 Å². The van der Waals surface area contributed by atoms with Crippen molar-refractivity contribution in [3.8, 4) is 5.88 Å². The van der Waals surface area contributed by atoms with Crippen molar-refractivity contribution in [2.45, 2.75) is 203 Å². The van der Waals surface area contributed by atoms with Crippen LogP contribution in [0.3, 0.4) is 0 Å². The van der Waals surface area contributed by atoms with Crippen LogP contribution < -0.4 is 20.7 Å². The molecule has 1 rings (SSSR count). The van der Waals surface area contributed by atoms with Crippen molar-refractivity contribution in [3.63, 3.8) is 0 Å². The molecule has 1 aromatic heterocycles. The Morgan fingerprint density at radius 3 is 1.41 bits per heavy atom. The Balaban J connectivity index is 3.29. The molecule has 1 aromatic rings. The maximum Gasteiger partial charge on any atom is 0.437 e. The third kappa shape index (κ3) is 30.9. The van der Waals surface area contributed by atoms with Crippen LogP contribution in [0.4, 0.5) is 28.8 Å². The maximum atomic E-state index is 14.1. The van der Waals surface area contributed by atoms with Gasteiger partial charge in [0.2, 0.25) is 17.8 Å². The summed E-state index contributed by atoms with van der Waals surface area (Å²) in [7, 11) is 0. The van der Waals surface area contributed by atoms with E-state index in [0.717, 1.165) is 29.1 Å². The molecule has 0 aromatic carbocycles. The first kappa shape index (κ1) is 62.8. The molecule has 0 saturated carbocycles. The lowest BCUT2D eigenvalue weighted by Gasteiger charge is -2.34. The van der Waals surface area contributed by atoms with Gasteiger partial charge in [0, 0.05) is 37.5 Å². The third-order valence-electron chi connectivity index (χ3n) is 8.04. The molecule has 0 radical (unpaired) electrons. The number of guanidine groups is 2. The van der Waals surface area contributed by atoms with E-state index in [1.54, 1.807) is 125 Å². The van der Waals surface area contributed by atoms with E-state index in [0.29, 0.717) is 31.4 Å². The molecule has 0 aliphatic rings. The number of aromatic nitrogens is 1. The molecule has 0 aliphatic heterocycles. The highest BCUT2D eigenvalue weighted by molar-refractivity contribution is 6.05. The topological polar surface area (TPSA) is 271 Å². The van der Waals surface area contributed by atoms with Crippen LogP contribution in [-0.4, -0.2) is 129 Å². The zero-order valence-corrected chi connectivity index (χ0v) is 45.6. The minimum absolute atomic E-state index is 0.000962. The van der Waals surface area contributed by atoms with E-state index >= 15 is 0 Å². The number of nitrogens with zero attached hydrogens (tertiary/aromatic N) is 5. The predicted molar refractivity (Wildman–Crippen MR) is 269 cm³/mol. The molecule has 4 N–H and O–H groups in total. The number of amidine groups is 1. The molecular formula is C49H83N9O13. The molecule has 0 spiro atoms. The van der Waals surface area contributed by atoms with Crippen molar-refractivity contribution in [3.05, 3.63) is 23.9 Å². The first-order valence-corrected chi connectivity index (χ1v) is 23.9. The second-order valence-electron chi connectivity index (χ2n) is 22.4. The Morgan fingerprint density at radius 2 is 0.958 bits per heavy atom. The summed E-state index contributed by atoms with van der Waals surface area (Å²) in [6, 6.07) is 3.04. The number of rotatable bonds is 15. The monoisotopic (exact) mass is 1010 g/mol. The zero-order chi connectivity index (χ0) is 54.6. The van der Waals surface area contributed by atoms with Gasteiger partial charge in [-0.05, 0) is 150 Å². The largest absolute Gasteiger partial charge is 0.478 e. The smallest absolute Gasteiger partial charge is 0.437 e. The minimum Gasteiger partial charge on any atom is -0.478 e. The fraction of sp³-hybridized carbons (Fsp3) is 0.714. The molecule has 402 valence electrons. The van der Waals surface area contributed by atoms with Gasteiger partial charge in [-0.3, -0.25) is 16.0 Å². The number of aliphatic imine (C=N–C) groups is 2. The lowest BCUT2D eigenvalue weighted by Crippen LogP contribution is -2.53. The Morgan fingerprint density at radius 1 is 0.535 bits per heavy atom. The fourth-order valence-electron chi connectivity index (χ4n) is 5.50. The third-order valence-corrected chi connectivity index (χ3v) is 8.04. The highest BCUT2D eigenvalue weighted by atomic mass is 16.6. The predicted octanol–water partition coefficient (Wildman–Crippen LogP) is 10.2. The van der Waals surface area contributed by atoms with Gasteiger partial charge in [-0.2, -0.15) is 0 Å². The van der Waals surface area contributed by atoms with Gasteiger partial charge < -0.3 is 38.5 Å². The molecule has 0 fully saturated rings. The molecule has 0 aliphatic carbocycles. The number of pyridine rings is 1. The van der Waals surface area contributed by atoms with E-state index in [9.17, 15) is 28.8 Å². The van der Waals surface area contributed by atoms with E-state index in [1.807, 2.05) is 0 Å². The van der Waals surface area contributed by atoms with Gasteiger partial charge in [-0.1, -0.05) is 25.7 Å². The quantitative estimate of drug-likeness (QED) is 0.0551. The van der Waals surface area contributed by atoms with Gasteiger partial charge >= 0.3 is 36.6 Å². The van der Waals surface area contributed by atoms with E-state index < -0.39 is 70.2 Å². The summed E-state index contributed by atoms with van der Waals surface area (Å²) in [6.45, 7) is 30.6. The summed E-state index contributed by atoms with van der Waals surface area (Å²) >= 11 is 0. The van der Waals surface area contributed by atoms with Gasteiger partial charge in [0.05, 0.1) is 6.61 Å². The number of hydrogen-bond acceptors (Lipinski definition) is 15. The van der Waals surface area contributed by atoms with Gasteiger partial charge in [-0.25, -0.2) is 43.6 Å². The number of alkyl carbamates (subject to hydrolysis) is 2. The van der Waals surface area contributed by atoms with Crippen LogP contribution in [0, 0.1) is 5.41 Å². The Labute approximate surface area is 420 Å². The van der Waals surface area contributed by atoms with E-state index in [2.05, 4.69) is 30.9 Å². The van der Waals surface area contributed by atoms with Gasteiger partial charge in [0.25, 0.3) is 0 Å². The lowest BCUT2D eigenvalue weighted by atomic mass is 10.1. The Hall–Kier alpha value is -6.22. The van der Waals surface area contributed by atoms with Gasteiger partial charge in [0.1, 0.15) is 39.4 Å². The summed E-state index contributed by atoms with van der Waals surface area (Å²) in [5.74, 6) is -0.512. The van der Waals surface area contributed by atoms with Crippen molar-refractivity contribution in [1.29, 1.82) is 5.41 Å². The van der Waals surface area contributed by atoms with Crippen LogP contribution in [0.25, 0.3) is 0 Å². The summed E-state index contributed by atoms with van der Waals surface area (Å²) in [5, 5.41) is 16.0. The first-order valence-electron chi connectivity index (χ1n) is 23.9. The number of nitrogens with one attached hydrogen (secondary N) is 4. The van der Waals surface area contributed by atoms with Crippen LogP contribution in [-0.2, 0) is 28.4 Å². The second-order valence-corrected chi connectivity index (χ2v) is 22.4. The normalized spacial score (nSPS) is 12.7. The maximum absolute atomic E-state index is 14.1. The van der Waals surface area contributed by atoms with Crippen molar-refractivity contribution < 1.29 is 61.9 Å².